The molecule has 0 unspecified atom stereocenters. The third-order valence-electron chi connectivity index (χ3n) is 4.64. The van der Waals surface area contributed by atoms with Crippen molar-refractivity contribution in [2.24, 2.45) is 0 Å². The lowest BCUT2D eigenvalue weighted by molar-refractivity contribution is 0.302. The summed E-state index contributed by atoms with van der Waals surface area (Å²) in [6, 6.07) is 18.2. The van der Waals surface area contributed by atoms with Crippen molar-refractivity contribution in [3.8, 4) is 5.75 Å². The molecule has 148 valence electrons. The monoisotopic (exact) mass is 416 g/mol. The van der Waals surface area contributed by atoms with Crippen LogP contribution < -0.4 is 10.1 Å². The van der Waals surface area contributed by atoms with E-state index < -0.39 is 0 Å². The molecule has 0 aliphatic carbocycles. The first-order valence-corrected chi connectivity index (χ1v) is 10.2. The van der Waals surface area contributed by atoms with E-state index in [4.69, 9.17) is 27.9 Å². The van der Waals surface area contributed by atoms with Crippen molar-refractivity contribution in [3.63, 3.8) is 0 Å². The molecule has 1 N–H and O–H groups in total. The maximum absolute atomic E-state index is 6.17. The number of rotatable bonds is 9. The third-order valence-corrected chi connectivity index (χ3v) is 5.38. The van der Waals surface area contributed by atoms with Crippen molar-refractivity contribution in [3.05, 3.63) is 75.8 Å². The summed E-state index contributed by atoms with van der Waals surface area (Å²) in [5, 5.41) is 7.09. The maximum atomic E-state index is 6.17. The van der Waals surface area contributed by atoms with E-state index in [0.717, 1.165) is 37.4 Å². The van der Waals surface area contributed by atoms with Crippen molar-refractivity contribution >= 4 is 34.0 Å². The van der Waals surface area contributed by atoms with E-state index in [1.165, 1.54) is 16.3 Å². The number of fused-ring (bicyclic) bond motifs is 1. The summed E-state index contributed by atoms with van der Waals surface area (Å²) in [4.78, 5) is 2.20. The van der Waals surface area contributed by atoms with E-state index in [2.05, 4.69) is 60.7 Å². The van der Waals surface area contributed by atoms with Gasteiger partial charge in [0.25, 0.3) is 0 Å². The lowest BCUT2D eigenvalue weighted by Crippen LogP contribution is -2.21. The third kappa shape index (κ3) is 5.62. The molecule has 0 radical (unpaired) electrons. The molecule has 0 bridgehead atoms. The second kappa shape index (κ2) is 10.1. The largest absolute Gasteiger partial charge is 0.489 e. The van der Waals surface area contributed by atoms with Gasteiger partial charge >= 0.3 is 0 Å². The summed E-state index contributed by atoms with van der Waals surface area (Å²) in [7, 11) is 4.19. The molecule has 0 amide bonds. The van der Waals surface area contributed by atoms with E-state index in [1.807, 2.05) is 12.1 Å². The number of nitrogens with zero attached hydrogens (tertiary/aromatic N) is 1. The lowest BCUT2D eigenvalue weighted by atomic mass is 10.0. The molecule has 0 saturated carbocycles. The predicted octanol–water partition coefficient (Wildman–Crippen LogP) is 5.77. The van der Waals surface area contributed by atoms with Crippen LogP contribution in [0.2, 0.25) is 10.0 Å². The van der Waals surface area contributed by atoms with Crippen LogP contribution in [-0.2, 0) is 13.2 Å². The van der Waals surface area contributed by atoms with Crippen LogP contribution in [-0.4, -0.2) is 32.1 Å². The normalized spacial score (nSPS) is 11.3. The van der Waals surface area contributed by atoms with Gasteiger partial charge in [0, 0.05) is 12.1 Å². The van der Waals surface area contributed by atoms with Crippen molar-refractivity contribution in [2.45, 2.75) is 19.6 Å². The summed E-state index contributed by atoms with van der Waals surface area (Å²) >= 11 is 12.1. The Hall–Kier alpha value is -1.78. The highest BCUT2D eigenvalue weighted by atomic mass is 35.5. The summed E-state index contributed by atoms with van der Waals surface area (Å²) in [5.41, 5.74) is 2.18. The van der Waals surface area contributed by atoms with Crippen molar-refractivity contribution in [1.82, 2.24) is 10.2 Å². The Balaban J connectivity index is 1.75. The van der Waals surface area contributed by atoms with Gasteiger partial charge in [-0.25, -0.2) is 0 Å². The number of halogens is 2. The van der Waals surface area contributed by atoms with Gasteiger partial charge in [-0.05, 0) is 68.1 Å². The topological polar surface area (TPSA) is 24.5 Å². The van der Waals surface area contributed by atoms with Gasteiger partial charge in [-0.3, -0.25) is 0 Å². The van der Waals surface area contributed by atoms with E-state index in [0.29, 0.717) is 16.7 Å². The van der Waals surface area contributed by atoms with Crippen LogP contribution in [0.5, 0.6) is 5.75 Å². The number of nitrogens with one attached hydrogen (secondary N) is 1. The molecule has 0 heterocycles. The Kier molecular flexibility index (Phi) is 7.57. The Bertz CT molecular complexity index is 928. The minimum absolute atomic E-state index is 0.447. The molecular formula is C23H26Cl2N2O. The van der Waals surface area contributed by atoms with Gasteiger partial charge in [-0.15, -0.1) is 0 Å². The van der Waals surface area contributed by atoms with Crippen LogP contribution in [0.25, 0.3) is 10.8 Å². The van der Waals surface area contributed by atoms with Gasteiger partial charge in [-0.2, -0.15) is 0 Å². The molecule has 28 heavy (non-hydrogen) atoms. The molecule has 0 atom stereocenters. The highest BCUT2D eigenvalue weighted by Crippen LogP contribution is 2.29. The minimum atomic E-state index is 0.447. The van der Waals surface area contributed by atoms with Gasteiger partial charge in [0.2, 0.25) is 0 Å². The first kappa shape index (κ1) is 20.9. The van der Waals surface area contributed by atoms with Crippen LogP contribution in [0, 0.1) is 0 Å². The highest BCUT2D eigenvalue weighted by Gasteiger charge is 2.10. The SMILES string of the molecule is CN(C)CCCNCc1c(OCc2ccc(Cl)c(Cl)c2)ccc2ccccc12. The zero-order valence-corrected chi connectivity index (χ0v) is 17.9. The number of hydrogen-bond donors (Lipinski definition) is 1. The average molecular weight is 417 g/mol. The van der Waals surface area contributed by atoms with E-state index in [1.54, 1.807) is 6.07 Å². The molecule has 3 aromatic carbocycles. The van der Waals surface area contributed by atoms with Crippen LogP contribution >= 0.6 is 23.2 Å². The highest BCUT2D eigenvalue weighted by molar-refractivity contribution is 6.42. The van der Waals surface area contributed by atoms with Gasteiger partial charge in [0.1, 0.15) is 12.4 Å². The molecule has 0 aliphatic rings. The zero-order valence-electron chi connectivity index (χ0n) is 16.3. The second-order valence-electron chi connectivity index (χ2n) is 7.13. The minimum Gasteiger partial charge on any atom is -0.489 e. The van der Waals surface area contributed by atoms with Gasteiger partial charge in [0.05, 0.1) is 10.0 Å². The molecule has 0 spiro atoms. The molecular weight excluding hydrogens is 391 g/mol. The smallest absolute Gasteiger partial charge is 0.124 e. The Morgan fingerprint density at radius 1 is 0.964 bits per heavy atom. The average Bonchev–Trinajstić information content (AvgIpc) is 2.69. The van der Waals surface area contributed by atoms with Gasteiger partial charge < -0.3 is 15.0 Å². The first-order valence-electron chi connectivity index (χ1n) is 9.47. The van der Waals surface area contributed by atoms with E-state index in [-0.39, 0.29) is 0 Å². The summed E-state index contributed by atoms with van der Waals surface area (Å²) in [6.07, 6.45) is 1.11. The van der Waals surface area contributed by atoms with E-state index in [9.17, 15) is 0 Å². The number of ether oxygens (including phenoxy) is 1. The fourth-order valence-corrected chi connectivity index (χ4v) is 3.48. The Morgan fingerprint density at radius 2 is 1.79 bits per heavy atom. The van der Waals surface area contributed by atoms with Crippen LogP contribution in [0.4, 0.5) is 0 Å². The maximum Gasteiger partial charge on any atom is 0.124 e. The van der Waals surface area contributed by atoms with Crippen molar-refractivity contribution in [1.29, 1.82) is 0 Å². The van der Waals surface area contributed by atoms with Crippen LogP contribution in [0.1, 0.15) is 17.5 Å². The summed E-state index contributed by atoms with van der Waals surface area (Å²) < 4.78 is 6.17. The molecule has 3 aromatic rings. The van der Waals surface area contributed by atoms with Gasteiger partial charge in [-0.1, -0.05) is 59.6 Å². The Morgan fingerprint density at radius 3 is 2.57 bits per heavy atom. The molecule has 3 nitrogen and oxygen atoms in total. The first-order chi connectivity index (χ1) is 13.5. The summed E-state index contributed by atoms with van der Waals surface area (Å²) in [6.45, 7) is 3.26. The second-order valence-corrected chi connectivity index (χ2v) is 7.95. The lowest BCUT2D eigenvalue weighted by Gasteiger charge is -2.16. The molecule has 0 aromatic heterocycles. The molecule has 0 aliphatic heterocycles. The number of benzene rings is 3. The van der Waals surface area contributed by atoms with Crippen LogP contribution in [0.15, 0.2) is 54.6 Å². The van der Waals surface area contributed by atoms with Crippen molar-refractivity contribution < 1.29 is 4.74 Å². The number of hydrogen-bond acceptors (Lipinski definition) is 3. The quantitative estimate of drug-likeness (QED) is 0.448. The summed E-state index contributed by atoms with van der Waals surface area (Å²) in [5.74, 6) is 0.893. The van der Waals surface area contributed by atoms with Crippen LogP contribution in [0.3, 0.4) is 0 Å². The zero-order chi connectivity index (χ0) is 19.9. The molecule has 0 saturated heterocycles. The van der Waals surface area contributed by atoms with Crippen molar-refractivity contribution in [2.75, 3.05) is 27.2 Å². The fraction of sp³-hybridized carbons (Fsp3) is 0.304. The molecule has 0 fully saturated rings. The standard InChI is InChI=1S/C23H26Cl2N2O/c1-27(2)13-5-12-26-15-20-19-7-4-3-6-18(19)9-11-23(20)28-16-17-8-10-21(24)22(25)14-17/h3-4,6-11,14,26H,5,12-13,15-16H2,1-2H3. The molecule has 3 rings (SSSR count). The predicted molar refractivity (Wildman–Crippen MR) is 120 cm³/mol. The fourth-order valence-electron chi connectivity index (χ4n) is 3.16. The molecule has 5 heteroatoms. The van der Waals surface area contributed by atoms with Gasteiger partial charge in [0.15, 0.2) is 0 Å². The Labute approximate surface area is 177 Å². The van der Waals surface area contributed by atoms with E-state index >= 15 is 0 Å².